The van der Waals surface area contributed by atoms with Crippen LogP contribution in [-0.4, -0.2) is 0 Å². The molecular weight excluding hydrogens is 417 g/mol. The molecule has 0 atom stereocenters. The lowest BCUT2D eigenvalue weighted by Crippen LogP contribution is -2.13. The highest BCUT2D eigenvalue weighted by molar-refractivity contribution is 5.86. The van der Waals surface area contributed by atoms with Crippen LogP contribution in [0.15, 0.2) is 57.7 Å². The van der Waals surface area contributed by atoms with E-state index in [9.17, 15) is 18.0 Å². The van der Waals surface area contributed by atoms with E-state index in [0.29, 0.717) is 16.5 Å². The summed E-state index contributed by atoms with van der Waals surface area (Å²) in [4.78, 5) is 12.9. The number of hydrogen-bond donors (Lipinski definition) is 0. The first-order valence-corrected chi connectivity index (χ1v) is 10.1. The third-order valence-corrected chi connectivity index (χ3v) is 5.53. The van der Waals surface area contributed by atoms with E-state index in [1.165, 1.54) is 12.1 Å². The van der Waals surface area contributed by atoms with Gasteiger partial charge in [-0.2, -0.15) is 0 Å². The minimum atomic E-state index is -0.754. The molecule has 4 rings (SSSR count). The molecule has 0 saturated heterocycles. The Bertz CT molecular complexity index is 1390. The molecule has 0 unspecified atom stereocenters. The molecule has 0 radical (unpaired) electrons. The third kappa shape index (κ3) is 4.26. The number of benzene rings is 3. The van der Waals surface area contributed by atoms with Crippen molar-refractivity contribution in [1.82, 2.24) is 0 Å². The van der Waals surface area contributed by atoms with Crippen LogP contribution in [0.25, 0.3) is 11.0 Å². The highest BCUT2D eigenvalue weighted by Gasteiger charge is 2.20. The Balaban J connectivity index is 1.85. The summed E-state index contributed by atoms with van der Waals surface area (Å²) in [5, 5.41) is 0.526. The summed E-state index contributed by atoms with van der Waals surface area (Å²) in [6, 6.07) is 11.5. The van der Waals surface area contributed by atoms with Crippen LogP contribution in [0.3, 0.4) is 0 Å². The van der Waals surface area contributed by atoms with Crippen molar-refractivity contribution in [3.05, 3.63) is 110 Å². The molecule has 0 aliphatic carbocycles. The maximum absolute atomic E-state index is 14.5. The maximum atomic E-state index is 14.5. The van der Waals surface area contributed by atoms with Gasteiger partial charge in [-0.15, -0.1) is 0 Å². The van der Waals surface area contributed by atoms with E-state index in [0.717, 1.165) is 28.8 Å². The smallest absolute Gasteiger partial charge is 0.343 e. The summed E-state index contributed by atoms with van der Waals surface area (Å²) in [5.74, 6) is -1.70. The maximum Gasteiger partial charge on any atom is 0.343 e. The highest BCUT2D eigenvalue weighted by Crippen LogP contribution is 2.32. The topological polar surface area (TPSA) is 39.4 Å². The van der Waals surface area contributed by atoms with Crippen LogP contribution >= 0.6 is 0 Å². The molecule has 3 nitrogen and oxygen atoms in total. The van der Waals surface area contributed by atoms with Crippen molar-refractivity contribution in [3.63, 3.8) is 0 Å². The molecule has 3 aromatic carbocycles. The van der Waals surface area contributed by atoms with Crippen LogP contribution in [0, 0.1) is 38.2 Å². The lowest BCUT2D eigenvalue weighted by atomic mass is 10.0. The number of ether oxygens (including phenoxy) is 1. The standard InChI is InChI=1S/C26H21F3O3/c1-14-4-5-17(22(28)8-14)11-21-25(31-13-18-6-7-19(27)12-23(18)29)20-9-15(2)16(3)10-24(20)32-26(21)30/h4-10,12H,11,13H2,1-3H3. The molecule has 1 aromatic heterocycles. The van der Waals surface area contributed by atoms with Gasteiger partial charge in [0, 0.05) is 18.1 Å². The fourth-order valence-electron chi connectivity index (χ4n) is 3.56. The lowest BCUT2D eigenvalue weighted by molar-refractivity contribution is 0.297. The summed E-state index contributed by atoms with van der Waals surface area (Å²) >= 11 is 0. The molecule has 0 amide bonds. The van der Waals surface area contributed by atoms with Crippen LogP contribution in [0.2, 0.25) is 0 Å². The third-order valence-electron chi connectivity index (χ3n) is 5.53. The highest BCUT2D eigenvalue weighted by atomic mass is 19.1. The van der Waals surface area contributed by atoms with Crippen LogP contribution in [0.4, 0.5) is 13.2 Å². The molecule has 0 spiro atoms. The second kappa shape index (κ2) is 8.54. The SMILES string of the molecule is Cc1ccc(Cc2c(OCc3ccc(F)cc3F)c3cc(C)c(C)cc3oc2=O)c(F)c1. The number of fused-ring (bicyclic) bond motifs is 1. The number of rotatable bonds is 5. The van der Waals surface area contributed by atoms with Crippen LogP contribution in [0.1, 0.15) is 33.4 Å². The van der Waals surface area contributed by atoms with E-state index >= 15 is 0 Å². The molecule has 0 aliphatic heterocycles. The Morgan fingerprint density at radius 1 is 0.844 bits per heavy atom. The van der Waals surface area contributed by atoms with E-state index < -0.39 is 23.1 Å². The number of hydrogen-bond acceptors (Lipinski definition) is 3. The zero-order valence-corrected chi connectivity index (χ0v) is 17.9. The van der Waals surface area contributed by atoms with Gasteiger partial charge in [0.1, 0.15) is 35.4 Å². The van der Waals surface area contributed by atoms with Gasteiger partial charge >= 0.3 is 5.63 Å². The molecule has 32 heavy (non-hydrogen) atoms. The second-order valence-electron chi connectivity index (χ2n) is 7.93. The zero-order valence-electron chi connectivity index (χ0n) is 17.9. The Kier molecular flexibility index (Phi) is 5.78. The molecule has 0 N–H and O–H groups in total. The molecule has 0 aliphatic rings. The van der Waals surface area contributed by atoms with Crippen molar-refractivity contribution < 1.29 is 22.3 Å². The Labute approximate surface area is 183 Å². The molecule has 0 saturated carbocycles. The Hall–Kier alpha value is -3.54. The Morgan fingerprint density at radius 3 is 2.25 bits per heavy atom. The summed E-state index contributed by atoms with van der Waals surface area (Å²) < 4.78 is 53.4. The van der Waals surface area contributed by atoms with Gasteiger partial charge in [-0.1, -0.05) is 12.1 Å². The summed E-state index contributed by atoms with van der Waals surface area (Å²) in [6.07, 6.45) is -0.0570. The summed E-state index contributed by atoms with van der Waals surface area (Å²) in [7, 11) is 0. The lowest BCUT2D eigenvalue weighted by Gasteiger charge is -2.15. The van der Waals surface area contributed by atoms with Gasteiger partial charge in [-0.25, -0.2) is 18.0 Å². The van der Waals surface area contributed by atoms with Crippen molar-refractivity contribution in [2.75, 3.05) is 0 Å². The van der Waals surface area contributed by atoms with Crippen molar-refractivity contribution in [2.45, 2.75) is 33.8 Å². The number of aryl methyl sites for hydroxylation is 3. The van der Waals surface area contributed by atoms with Gasteiger partial charge in [0.2, 0.25) is 0 Å². The van der Waals surface area contributed by atoms with Gasteiger partial charge in [0.05, 0.1) is 10.9 Å². The number of halogens is 3. The van der Waals surface area contributed by atoms with Crippen molar-refractivity contribution >= 4 is 11.0 Å². The molecule has 6 heteroatoms. The molecular formula is C26H21F3O3. The van der Waals surface area contributed by atoms with Gasteiger partial charge in [0.25, 0.3) is 0 Å². The van der Waals surface area contributed by atoms with E-state index in [2.05, 4.69) is 0 Å². The van der Waals surface area contributed by atoms with Gasteiger partial charge in [0.15, 0.2) is 0 Å². The largest absolute Gasteiger partial charge is 0.487 e. The van der Waals surface area contributed by atoms with E-state index in [4.69, 9.17) is 9.15 Å². The molecule has 1 heterocycles. The monoisotopic (exact) mass is 438 g/mol. The minimum absolute atomic E-state index is 0.0570. The average Bonchev–Trinajstić information content (AvgIpc) is 2.72. The Morgan fingerprint density at radius 2 is 1.53 bits per heavy atom. The molecule has 164 valence electrons. The normalized spacial score (nSPS) is 11.2. The summed E-state index contributed by atoms with van der Waals surface area (Å²) in [5.41, 5.74) is 2.85. The van der Waals surface area contributed by atoms with Crippen LogP contribution in [-0.2, 0) is 13.0 Å². The van der Waals surface area contributed by atoms with E-state index in [-0.39, 0.29) is 29.9 Å². The van der Waals surface area contributed by atoms with Gasteiger partial charge in [-0.3, -0.25) is 0 Å². The molecule has 0 fully saturated rings. The predicted molar refractivity (Wildman–Crippen MR) is 117 cm³/mol. The second-order valence-corrected chi connectivity index (χ2v) is 7.93. The quantitative estimate of drug-likeness (QED) is 0.343. The van der Waals surface area contributed by atoms with Crippen molar-refractivity contribution in [1.29, 1.82) is 0 Å². The first kappa shape index (κ1) is 21.7. The fourth-order valence-corrected chi connectivity index (χ4v) is 3.56. The fraction of sp³-hybridized carbons (Fsp3) is 0.192. The van der Waals surface area contributed by atoms with Crippen LogP contribution < -0.4 is 10.4 Å². The first-order valence-electron chi connectivity index (χ1n) is 10.1. The minimum Gasteiger partial charge on any atom is -0.487 e. The van der Waals surface area contributed by atoms with Crippen molar-refractivity contribution in [2.24, 2.45) is 0 Å². The van der Waals surface area contributed by atoms with Gasteiger partial charge in [-0.05, 0) is 73.4 Å². The molecule has 4 aromatic rings. The van der Waals surface area contributed by atoms with Crippen LogP contribution in [0.5, 0.6) is 5.75 Å². The van der Waals surface area contributed by atoms with E-state index in [1.54, 1.807) is 25.1 Å². The van der Waals surface area contributed by atoms with Crippen molar-refractivity contribution in [3.8, 4) is 5.75 Å². The average molecular weight is 438 g/mol. The predicted octanol–water partition coefficient (Wildman–Crippen LogP) is 6.31. The summed E-state index contributed by atoms with van der Waals surface area (Å²) in [6.45, 7) is 5.33. The molecule has 0 bridgehead atoms. The first-order chi connectivity index (χ1) is 15.2. The zero-order chi connectivity index (χ0) is 23.0. The van der Waals surface area contributed by atoms with E-state index in [1.807, 2.05) is 19.9 Å². The van der Waals surface area contributed by atoms with Gasteiger partial charge < -0.3 is 9.15 Å².